The average molecular weight is 544 g/mol. The minimum absolute atomic E-state index is 0. The van der Waals surface area contributed by atoms with E-state index < -0.39 is 0 Å². The molecule has 1 saturated heterocycles. The number of nitrogens with one attached hydrogen (secondary N) is 2. The highest BCUT2D eigenvalue weighted by Crippen LogP contribution is 2.43. The van der Waals surface area contributed by atoms with Gasteiger partial charge in [0.05, 0.1) is 0 Å². The molecule has 1 amide bonds. The van der Waals surface area contributed by atoms with E-state index in [9.17, 15) is 4.79 Å². The van der Waals surface area contributed by atoms with E-state index in [1.807, 2.05) is 12.3 Å². The van der Waals surface area contributed by atoms with Crippen molar-refractivity contribution in [2.45, 2.75) is 45.1 Å². The number of carbonyl (C=O) groups is 1. The molecule has 1 aromatic rings. The van der Waals surface area contributed by atoms with Gasteiger partial charge in [0.25, 0.3) is 0 Å². The van der Waals surface area contributed by atoms with Gasteiger partial charge in [0.1, 0.15) is 5.82 Å². The number of piperidine rings is 1. The Morgan fingerprint density at radius 1 is 1.35 bits per heavy atom. The number of aromatic nitrogens is 1. The van der Waals surface area contributed by atoms with Crippen LogP contribution in [0.5, 0.6) is 0 Å². The van der Waals surface area contributed by atoms with Gasteiger partial charge in [-0.25, -0.2) is 4.98 Å². The fourth-order valence-corrected chi connectivity index (χ4v) is 4.41. The number of amides is 1. The highest BCUT2D eigenvalue weighted by Gasteiger charge is 2.36. The molecular formula is C22H37IN6O2. The molecule has 2 heterocycles. The monoisotopic (exact) mass is 544 g/mol. The summed E-state index contributed by atoms with van der Waals surface area (Å²) in [5, 5.41) is 6.94. The first-order valence-electron chi connectivity index (χ1n) is 11.0. The molecule has 0 bridgehead atoms. The maximum absolute atomic E-state index is 11.4. The number of pyridine rings is 1. The number of guanidine groups is 1. The van der Waals surface area contributed by atoms with Crippen LogP contribution in [0, 0.1) is 11.3 Å². The number of carbonyl (C=O) groups excluding carboxylic acids is 1. The Kier molecular flexibility index (Phi) is 10.3. The van der Waals surface area contributed by atoms with Crippen LogP contribution in [-0.4, -0.2) is 57.2 Å². The van der Waals surface area contributed by atoms with Gasteiger partial charge in [-0.3, -0.25) is 9.79 Å². The highest BCUT2D eigenvalue weighted by atomic mass is 127. The molecule has 1 saturated carbocycles. The zero-order chi connectivity index (χ0) is 21.4. The summed E-state index contributed by atoms with van der Waals surface area (Å²) in [6, 6.07) is 4.05. The van der Waals surface area contributed by atoms with Gasteiger partial charge in [-0.05, 0) is 43.6 Å². The number of methoxy groups -OCH3 is 1. The van der Waals surface area contributed by atoms with E-state index in [1.165, 1.54) is 19.3 Å². The Balaban J connectivity index is 0.00000341. The van der Waals surface area contributed by atoms with E-state index in [0.717, 1.165) is 62.8 Å². The first-order valence-corrected chi connectivity index (χ1v) is 11.0. The number of aliphatic imine (C=N–C) groups is 1. The number of hydrogen-bond acceptors (Lipinski definition) is 5. The Hall–Kier alpha value is -1.62. The molecule has 2 aliphatic rings. The van der Waals surface area contributed by atoms with E-state index in [1.54, 1.807) is 14.2 Å². The molecular weight excluding hydrogens is 507 g/mol. The van der Waals surface area contributed by atoms with Gasteiger partial charge in [-0.15, -0.1) is 24.0 Å². The van der Waals surface area contributed by atoms with Crippen LogP contribution in [0.15, 0.2) is 23.3 Å². The molecule has 2 fully saturated rings. The first kappa shape index (κ1) is 25.6. The van der Waals surface area contributed by atoms with Crippen LogP contribution in [0.25, 0.3) is 0 Å². The SMILES string of the molecule is CN=C(NCc1cccnc1N1CCC(C(N)=O)CC1)NCC1(CCOC)CCC1.I. The zero-order valence-electron chi connectivity index (χ0n) is 18.7. The summed E-state index contributed by atoms with van der Waals surface area (Å²) in [5.41, 5.74) is 6.92. The predicted octanol–water partition coefficient (Wildman–Crippen LogP) is 2.27. The summed E-state index contributed by atoms with van der Waals surface area (Å²) in [4.78, 5) is 22.7. The van der Waals surface area contributed by atoms with Crippen LogP contribution in [-0.2, 0) is 16.1 Å². The molecule has 8 nitrogen and oxygen atoms in total. The number of halogens is 1. The lowest BCUT2D eigenvalue weighted by atomic mass is 9.67. The molecule has 9 heteroatoms. The Morgan fingerprint density at radius 3 is 2.68 bits per heavy atom. The fourth-order valence-electron chi connectivity index (χ4n) is 4.41. The number of hydrogen-bond donors (Lipinski definition) is 3. The summed E-state index contributed by atoms with van der Waals surface area (Å²) < 4.78 is 5.29. The summed E-state index contributed by atoms with van der Waals surface area (Å²) in [5.74, 6) is 1.56. The lowest BCUT2D eigenvalue weighted by Gasteiger charge is -2.42. The maximum atomic E-state index is 11.4. The van der Waals surface area contributed by atoms with Crippen molar-refractivity contribution in [2.24, 2.45) is 22.1 Å². The minimum Gasteiger partial charge on any atom is -0.385 e. The zero-order valence-corrected chi connectivity index (χ0v) is 21.1. The molecule has 0 unspecified atom stereocenters. The third-order valence-corrected chi connectivity index (χ3v) is 6.62. The van der Waals surface area contributed by atoms with Crippen molar-refractivity contribution < 1.29 is 9.53 Å². The van der Waals surface area contributed by atoms with E-state index in [-0.39, 0.29) is 35.8 Å². The second-order valence-electron chi connectivity index (χ2n) is 8.53. The molecule has 0 aromatic carbocycles. The van der Waals surface area contributed by atoms with Crippen molar-refractivity contribution in [1.82, 2.24) is 15.6 Å². The number of primary amides is 1. The number of rotatable bonds is 9. The molecule has 31 heavy (non-hydrogen) atoms. The van der Waals surface area contributed by atoms with E-state index in [4.69, 9.17) is 10.5 Å². The van der Waals surface area contributed by atoms with Crippen LogP contribution >= 0.6 is 24.0 Å². The van der Waals surface area contributed by atoms with E-state index in [2.05, 4.69) is 31.6 Å². The number of ether oxygens (including phenoxy) is 1. The first-order chi connectivity index (χ1) is 14.6. The summed E-state index contributed by atoms with van der Waals surface area (Å²) in [6.45, 7) is 3.96. The summed E-state index contributed by atoms with van der Waals surface area (Å²) in [7, 11) is 3.57. The van der Waals surface area contributed by atoms with Crippen molar-refractivity contribution in [3.8, 4) is 0 Å². The van der Waals surface area contributed by atoms with Crippen LogP contribution in [0.3, 0.4) is 0 Å². The Morgan fingerprint density at radius 2 is 2.10 bits per heavy atom. The van der Waals surface area contributed by atoms with Gasteiger partial charge in [-0.1, -0.05) is 12.5 Å². The molecule has 0 atom stereocenters. The number of nitrogens with zero attached hydrogens (tertiary/aromatic N) is 3. The van der Waals surface area contributed by atoms with Crippen LogP contribution < -0.4 is 21.3 Å². The van der Waals surface area contributed by atoms with E-state index >= 15 is 0 Å². The molecule has 0 radical (unpaired) electrons. The van der Waals surface area contributed by atoms with Crippen LogP contribution in [0.1, 0.15) is 44.1 Å². The van der Waals surface area contributed by atoms with Gasteiger partial charge >= 0.3 is 0 Å². The van der Waals surface area contributed by atoms with Crippen LogP contribution in [0.4, 0.5) is 5.82 Å². The highest BCUT2D eigenvalue weighted by molar-refractivity contribution is 14.0. The minimum atomic E-state index is -0.192. The maximum Gasteiger partial charge on any atom is 0.220 e. The van der Waals surface area contributed by atoms with Gasteiger partial charge in [0.2, 0.25) is 5.91 Å². The van der Waals surface area contributed by atoms with E-state index in [0.29, 0.717) is 12.0 Å². The van der Waals surface area contributed by atoms with Gasteiger partial charge in [-0.2, -0.15) is 0 Å². The lowest BCUT2D eigenvalue weighted by Crippen LogP contribution is -2.46. The lowest BCUT2D eigenvalue weighted by molar-refractivity contribution is -0.122. The number of nitrogens with two attached hydrogens (primary N) is 1. The quantitative estimate of drug-likeness (QED) is 0.250. The molecule has 1 aliphatic heterocycles. The average Bonchev–Trinajstić information content (AvgIpc) is 2.75. The molecule has 4 N–H and O–H groups in total. The summed E-state index contributed by atoms with van der Waals surface area (Å²) >= 11 is 0. The smallest absolute Gasteiger partial charge is 0.220 e. The van der Waals surface area contributed by atoms with Crippen molar-refractivity contribution in [3.63, 3.8) is 0 Å². The van der Waals surface area contributed by atoms with Gasteiger partial charge in [0.15, 0.2) is 5.96 Å². The topological polar surface area (TPSA) is 105 Å². The molecule has 174 valence electrons. The molecule has 1 aliphatic carbocycles. The largest absolute Gasteiger partial charge is 0.385 e. The standard InChI is InChI=1S/C22H36N6O2.HI/c1-24-21(27-16-22(8-4-9-22)10-14-30-2)26-15-18-5-3-11-25-20(18)28-12-6-17(7-13-28)19(23)29;/h3,5,11,17H,4,6-10,12-16H2,1-2H3,(H2,23,29)(H2,24,26,27);1H. The van der Waals surface area contributed by atoms with Crippen molar-refractivity contribution in [2.75, 3.05) is 45.3 Å². The second-order valence-corrected chi connectivity index (χ2v) is 8.53. The fraction of sp³-hybridized carbons (Fsp3) is 0.682. The van der Waals surface area contributed by atoms with Crippen molar-refractivity contribution in [1.29, 1.82) is 0 Å². The number of anilines is 1. The normalized spacial score (nSPS) is 18.6. The third kappa shape index (κ3) is 6.93. The van der Waals surface area contributed by atoms with Crippen molar-refractivity contribution in [3.05, 3.63) is 23.9 Å². The van der Waals surface area contributed by atoms with Gasteiger partial charge in [0, 0.05) is 64.6 Å². The molecule has 1 aromatic heterocycles. The predicted molar refractivity (Wildman–Crippen MR) is 135 cm³/mol. The van der Waals surface area contributed by atoms with Gasteiger partial charge < -0.3 is 26.0 Å². The molecule has 0 spiro atoms. The Bertz CT molecular complexity index is 732. The van der Waals surface area contributed by atoms with Crippen molar-refractivity contribution >= 4 is 41.7 Å². The summed E-state index contributed by atoms with van der Waals surface area (Å²) in [6.07, 6.45) is 8.26. The Labute approximate surface area is 202 Å². The molecule has 3 rings (SSSR count). The van der Waals surface area contributed by atoms with Crippen LogP contribution in [0.2, 0.25) is 0 Å². The third-order valence-electron chi connectivity index (χ3n) is 6.62. The second kappa shape index (κ2) is 12.4.